The maximum atomic E-state index is 12.4. The van der Waals surface area contributed by atoms with Crippen molar-refractivity contribution >= 4 is 11.8 Å². The molecule has 3 N–H and O–H groups in total. The van der Waals surface area contributed by atoms with E-state index in [-0.39, 0.29) is 18.5 Å². The minimum Gasteiger partial charge on any atom is -0.368 e. The monoisotopic (exact) mass is 263 g/mol. The first-order valence-corrected chi connectivity index (χ1v) is 6.23. The first-order chi connectivity index (χ1) is 9.18. The molecule has 1 aromatic heterocycles. The fourth-order valence-corrected chi connectivity index (χ4v) is 2.23. The summed E-state index contributed by atoms with van der Waals surface area (Å²) in [6, 6.07) is 0.0291. The third-order valence-corrected chi connectivity index (χ3v) is 3.14. The molecular weight excluding hydrogens is 246 g/mol. The van der Waals surface area contributed by atoms with Crippen LogP contribution in [0.25, 0.3) is 0 Å². The third kappa shape index (κ3) is 3.47. The second kappa shape index (κ2) is 6.24. The van der Waals surface area contributed by atoms with Crippen molar-refractivity contribution in [2.45, 2.75) is 18.9 Å². The molecule has 1 saturated heterocycles. The van der Waals surface area contributed by atoms with Crippen molar-refractivity contribution in [1.82, 2.24) is 20.2 Å². The van der Waals surface area contributed by atoms with Crippen molar-refractivity contribution in [2.75, 3.05) is 19.6 Å². The molecule has 1 fully saturated rings. The summed E-state index contributed by atoms with van der Waals surface area (Å²) in [5.74, 6) is -0.755. The number of amides is 2. The summed E-state index contributed by atoms with van der Waals surface area (Å²) in [4.78, 5) is 32.7. The number of hydrogen-bond donors (Lipinski definition) is 2. The quantitative estimate of drug-likeness (QED) is 0.737. The zero-order valence-electron chi connectivity index (χ0n) is 10.6. The van der Waals surface area contributed by atoms with Gasteiger partial charge in [-0.1, -0.05) is 0 Å². The number of hydrogen-bond acceptors (Lipinski definition) is 5. The first kappa shape index (κ1) is 13.4. The van der Waals surface area contributed by atoms with E-state index in [9.17, 15) is 9.59 Å². The van der Waals surface area contributed by atoms with E-state index in [2.05, 4.69) is 15.3 Å². The van der Waals surface area contributed by atoms with Crippen LogP contribution in [0, 0.1) is 0 Å². The number of piperidine rings is 1. The summed E-state index contributed by atoms with van der Waals surface area (Å²) in [6.45, 7) is 1.59. The molecular formula is C12H17N5O2. The fourth-order valence-electron chi connectivity index (χ4n) is 2.23. The molecule has 19 heavy (non-hydrogen) atoms. The molecule has 7 heteroatoms. The number of nitrogens with two attached hydrogens (primary N) is 1. The minimum atomic E-state index is -0.510. The predicted octanol–water partition coefficient (Wildman–Crippen LogP) is -0.844. The van der Waals surface area contributed by atoms with Gasteiger partial charge >= 0.3 is 0 Å². The van der Waals surface area contributed by atoms with Crippen LogP contribution in [0.1, 0.15) is 23.2 Å². The molecule has 2 heterocycles. The summed E-state index contributed by atoms with van der Waals surface area (Å²) in [7, 11) is 0. The second-order valence-electron chi connectivity index (χ2n) is 4.51. The summed E-state index contributed by atoms with van der Waals surface area (Å²) in [5, 5.41) is 3.22. The van der Waals surface area contributed by atoms with Gasteiger partial charge in [-0.05, 0) is 25.9 Å². The zero-order chi connectivity index (χ0) is 13.7. The third-order valence-electron chi connectivity index (χ3n) is 3.14. The summed E-state index contributed by atoms with van der Waals surface area (Å²) in [6.07, 6.45) is 5.88. The van der Waals surface area contributed by atoms with E-state index in [0.29, 0.717) is 5.56 Å². The molecule has 0 atom stereocenters. The fraction of sp³-hybridized carbons (Fsp3) is 0.500. The largest absolute Gasteiger partial charge is 0.368 e. The van der Waals surface area contributed by atoms with Crippen LogP contribution in [0.15, 0.2) is 18.7 Å². The van der Waals surface area contributed by atoms with E-state index in [1.54, 1.807) is 0 Å². The lowest BCUT2D eigenvalue weighted by atomic mass is 10.0. The highest BCUT2D eigenvalue weighted by Crippen LogP contribution is 2.14. The number of carbonyl (C=O) groups excluding carboxylic acids is 2. The molecule has 0 aromatic carbocycles. The van der Waals surface area contributed by atoms with Crippen molar-refractivity contribution in [3.8, 4) is 0 Å². The molecule has 102 valence electrons. The van der Waals surface area contributed by atoms with Crippen molar-refractivity contribution in [2.24, 2.45) is 5.73 Å². The van der Waals surface area contributed by atoms with E-state index in [4.69, 9.17) is 5.73 Å². The lowest BCUT2D eigenvalue weighted by molar-refractivity contribution is -0.119. The van der Waals surface area contributed by atoms with E-state index in [0.717, 1.165) is 25.9 Å². The van der Waals surface area contributed by atoms with Gasteiger partial charge in [-0.2, -0.15) is 0 Å². The maximum absolute atomic E-state index is 12.4. The molecule has 0 aliphatic carbocycles. The van der Waals surface area contributed by atoms with Crippen LogP contribution in [0.3, 0.4) is 0 Å². The van der Waals surface area contributed by atoms with Gasteiger partial charge in [0.2, 0.25) is 5.91 Å². The van der Waals surface area contributed by atoms with Crippen LogP contribution in [0.5, 0.6) is 0 Å². The average molecular weight is 263 g/mol. The van der Waals surface area contributed by atoms with Crippen LogP contribution in [-0.4, -0.2) is 52.4 Å². The summed E-state index contributed by atoms with van der Waals surface area (Å²) in [5.41, 5.74) is 5.61. The van der Waals surface area contributed by atoms with Crippen molar-refractivity contribution in [3.63, 3.8) is 0 Å². The topological polar surface area (TPSA) is 101 Å². The Hall–Kier alpha value is -2.02. The molecule has 0 bridgehead atoms. The SMILES string of the molecule is NC(=O)CN(C(=O)c1cncnc1)C1CCNCC1. The van der Waals surface area contributed by atoms with E-state index < -0.39 is 5.91 Å². The van der Waals surface area contributed by atoms with Gasteiger partial charge in [0, 0.05) is 18.4 Å². The van der Waals surface area contributed by atoms with E-state index in [1.165, 1.54) is 23.6 Å². The molecule has 2 rings (SSSR count). The van der Waals surface area contributed by atoms with Crippen LogP contribution in [0.2, 0.25) is 0 Å². The van der Waals surface area contributed by atoms with Gasteiger partial charge in [-0.15, -0.1) is 0 Å². The standard InChI is InChI=1S/C12H17N5O2/c13-11(18)7-17(10-1-3-14-4-2-10)12(19)9-5-15-8-16-6-9/h5-6,8,10,14H,1-4,7H2,(H2,13,18). The lowest BCUT2D eigenvalue weighted by Crippen LogP contribution is -2.49. The Morgan fingerprint density at radius 2 is 1.95 bits per heavy atom. The van der Waals surface area contributed by atoms with Gasteiger partial charge in [0.05, 0.1) is 12.1 Å². The van der Waals surface area contributed by atoms with Crippen molar-refractivity contribution < 1.29 is 9.59 Å². The van der Waals surface area contributed by atoms with Crippen molar-refractivity contribution in [1.29, 1.82) is 0 Å². The lowest BCUT2D eigenvalue weighted by Gasteiger charge is -2.33. The number of carbonyl (C=O) groups is 2. The number of nitrogens with one attached hydrogen (secondary N) is 1. The number of aromatic nitrogens is 2. The zero-order valence-corrected chi connectivity index (χ0v) is 10.6. The van der Waals surface area contributed by atoms with E-state index in [1.807, 2.05) is 0 Å². The predicted molar refractivity (Wildman–Crippen MR) is 68.2 cm³/mol. The molecule has 7 nitrogen and oxygen atoms in total. The highest BCUT2D eigenvalue weighted by atomic mass is 16.2. The minimum absolute atomic E-state index is 0.0291. The summed E-state index contributed by atoms with van der Waals surface area (Å²) < 4.78 is 0. The van der Waals surface area contributed by atoms with Gasteiger partial charge in [-0.25, -0.2) is 9.97 Å². The Morgan fingerprint density at radius 1 is 1.32 bits per heavy atom. The molecule has 0 radical (unpaired) electrons. The Balaban J connectivity index is 2.16. The van der Waals surface area contributed by atoms with Crippen LogP contribution < -0.4 is 11.1 Å². The number of rotatable bonds is 4. The molecule has 2 amide bonds. The van der Waals surface area contributed by atoms with Gasteiger partial charge in [-0.3, -0.25) is 9.59 Å². The normalized spacial score (nSPS) is 16.0. The van der Waals surface area contributed by atoms with Crippen LogP contribution in [0.4, 0.5) is 0 Å². The Kier molecular flexibility index (Phi) is 4.40. The number of nitrogens with zero attached hydrogens (tertiary/aromatic N) is 3. The molecule has 1 aromatic rings. The molecule has 0 unspecified atom stereocenters. The maximum Gasteiger partial charge on any atom is 0.257 e. The van der Waals surface area contributed by atoms with Crippen LogP contribution in [-0.2, 0) is 4.79 Å². The van der Waals surface area contributed by atoms with Crippen LogP contribution >= 0.6 is 0 Å². The molecule has 1 aliphatic rings. The first-order valence-electron chi connectivity index (χ1n) is 6.23. The second-order valence-corrected chi connectivity index (χ2v) is 4.51. The molecule has 0 spiro atoms. The van der Waals surface area contributed by atoms with Gasteiger partial charge in [0.15, 0.2) is 0 Å². The summed E-state index contributed by atoms with van der Waals surface area (Å²) >= 11 is 0. The Morgan fingerprint density at radius 3 is 2.53 bits per heavy atom. The average Bonchev–Trinajstić information content (AvgIpc) is 2.46. The van der Waals surface area contributed by atoms with Gasteiger partial charge in [0.25, 0.3) is 5.91 Å². The molecule has 0 saturated carbocycles. The Bertz CT molecular complexity index is 445. The highest BCUT2D eigenvalue weighted by molar-refractivity contribution is 5.96. The smallest absolute Gasteiger partial charge is 0.257 e. The highest BCUT2D eigenvalue weighted by Gasteiger charge is 2.27. The number of primary amides is 1. The molecule has 1 aliphatic heterocycles. The van der Waals surface area contributed by atoms with Gasteiger partial charge in [0.1, 0.15) is 6.33 Å². The van der Waals surface area contributed by atoms with Gasteiger partial charge < -0.3 is 16.0 Å². The van der Waals surface area contributed by atoms with E-state index >= 15 is 0 Å². The van der Waals surface area contributed by atoms with Crippen molar-refractivity contribution in [3.05, 3.63) is 24.3 Å². The Labute approximate surface area is 111 Å².